The average molecular weight is 500 g/mol. The number of amides is 1. The number of nitrogens with one attached hydrogen (secondary N) is 1. The van der Waals surface area contributed by atoms with Gasteiger partial charge in [-0.05, 0) is 35.3 Å². The Kier molecular flexibility index (Phi) is 5.86. The first-order valence-electron chi connectivity index (χ1n) is 9.52. The number of hydrogen-bond acceptors (Lipinski definition) is 7. The number of carbonyl (C=O) groups excluding carboxylic acids is 1. The number of hydrogen-bond donors (Lipinski definition) is 1. The second kappa shape index (κ2) is 8.75. The van der Waals surface area contributed by atoms with Gasteiger partial charge in [-0.2, -0.15) is 10.2 Å². The molecule has 12 heteroatoms. The molecule has 0 aliphatic carbocycles. The monoisotopic (exact) mass is 499 g/mol. The minimum absolute atomic E-state index is 0.0561. The van der Waals surface area contributed by atoms with E-state index in [9.17, 15) is 14.9 Å². The summed E-state index contributed by atoms with van der Waals surface area (Å²) >= 11 is 3.42. The van der Waals surface area contributed by atoms with E-state index in [0.717, 1.165) is 11.8 Å². The third-order valence-electron chi connectivity index (χ3n) is 4.76. The molecule has 1 amide bonds. The lowest BCUT2D eigenvalue weighted by Gasteiger charge is -2.04. The topological polar surface area (TPSA) is 134 Å². The Hall–Kier alpha value is -3.80. The van der Waals surface area contributed by atoms with Crippen molar-refractivity contribution in [3.8, 4) is 0 Å². The standard InChI is InChI=1S/C20H18BrN7O4/c1-12-3-5-14(6-4-12)8-27-11-17(21)19(24-27)23-20(29)18-16(13(2)32-25-18)10-26-9-15(7-22-26)28(30)31/h3-7,9,11H,8,10H2,1-2H3,(H,23,24,29). The highest BCUT2D eigenvalue weighted by Gasteiger charge is 2.23. The van der Waals surface area contributed by atoms with Crippen LogP contribution >= 0.6 is 15.9 Å². The van der Waals surface area contributed by atoms with Gasteiger partial charge < -0.3 is 9.84 Å². The molecule has 0 aliphatic heterocycles. The van der Waals surface area contributed by atoms with Gasteiger partial charge in [0.25, 0.3) is 5.91 Å². The van der Waals surface area contributed by atoms with E-state index in [1.807, 2.05) is 31.2 Å². The molecule has 0 bridgehead atoms. The van der Waals surface area contributed by atoms with Gasteiger partial charge in [0.2, 0.25) is 0 Å². The third-order valence-corrected chi connectivity index (χ3v) is 5.34. The molecule has 0 saturated heterocycles. The highest BCUT2D eigenvalue weighted by molar-refractivity contribution is 9.10. The molecule has 3 heterocycles. The molecule has 0 spiro atoms. The van der Waals surface area contributed by atoms with Crippen molar-refractivity contribution in [2.45, 2.75) is 26.9 Å². The number of nitro groups is 1. The number of aryl methyl sites for hydroxylation is 2. The van der Waals surface area contributed by atoms with Crippen LogP contribution in [0.25, 0.3) is 0 Å². The maximum absolute atomic E-state index is 12.9. The normalized spacial score (nSPS) is 11.0. The highest BCUT2D eigenvalue weighted by atomic mass is 79.9. The van der Waals surface area contributed by atoms with Gasteiger partial charge in [0.15, 0.2) is 11.5 Å². The molecule has 32 heavy (non-hydrogen) atoms. The quantitative estimate of drug-likeness (QED) is 0.302. The van der Waals surface area contributed by atoms with Gasteiger partial charge in [-0.1, -0.05) is 35.0 Å². The van der Waals surface area contributed by atoms with Crippen molar-refractivity contribution in [2.24, 2.45) is 0 Å². The lowest BCUT2D eigenvalue weighted by molar-refractivity contribution is -0.385. The molecule has 1 aromatic carbocycles. The van der Waals surface area contributed by atoms with Crippen molar-refractivity contribution >= 4 is 33.3 Å². The molecule has 0 radical (unpaired) electrons. The number of rotatable bonds is 7. The fourth-order valence-corrected chi connectivity index (χ4v) is 3.48. The van der Waals surface area contributed by atoms with E-state index in [-0.39, 0.29) is 17.9 Å². The molecule has 0 aliphatic rings. The molecular formula is C20H18BrN7O4. The number of aromatic nitrogens is 5. The van der Waals surface area contributed by atoms with Crippen molar-refractivity contribution < 1.29 is 14.2 Å². The van der Waals surface area contributed by atoms with Crippen LogP contribution in [0.5, 0.6) is 0 Å². The SMILES string of the molecule is Cc1ccc(Cn2cc(Br)c(NC(=O)c3noc(C)c3Cn3cc([N+](=O)[O-])cn3)n2)cc1. The Balaban J connectivity index is 1.50. The molecule has 3 aromatic heterocycles. The lowest BCUT2D eigenvalue weighted by atomic mass is 10.1. The maximum atomic E-state index is 12.9. The van der Waals surface area contributed by atoms with Crippen LogP contribution in [0.2, 0.25) is 0 Å². The Labute approximate surface area is 190 Å². The van der Waals surface area contributed by atoms with Gasteiger partial charge in [-0.3, -0.25) is 24.3 Å². The van der Waals surface area contributed by atoms with Crippen molar-refractivity contribution in [2.75, 3.05) is 5.32 Å². The van der Waals surface area contributed by atoms with E-state index in [1.165, 1.54) is 16.4 Å². The molecule has 0 atom stereocenters. The zero-order valence-corrected chi connectivity index (χ0v) is 18.7. The first-order chi connectivity index (χ1) is 15.3. The van der Waals surface area contributed by atoms with Gasteiger partial charge >= 0.3 is 5.69 Å². The number of anilines is 1. The fraction of sp³-hybridized carbons (Fsp3) is 0.200. The summed E-state index contributed by atoms with van der Waals surface area (Å²) in [6.45, 7) is 4.31. The summed E-state index contributed by atoms with van der Waals surface area (Å²) in [7, 11) is 0. The second-order valence-electron chi connectivity index (χ2n) is 7.18. The van der Waals surface area contributed by atoms with E-state index < -0.39 is 10.8 Å². The summed E-state index contributed by atoms with van der Waals surface area (Å²) in [4.78, 5) is 23.2. The van der Waals surface area contributed by atoms with E-state index in [4.69, 9.17) is 4.52 Å². The number of halogens is 1. The van der Waals surface area contributed by atoms with Crippen LogP contribution in [0, 0.1) is 24.0 Å². The van der Waals surface area contributed by atoms with Crippen LogP contribution in [0.15, 0.2) is 51.9 Å². The van der Waals surface area contributed by atoms with E-state index >= 15 is 0 Å². The molecule has 0 fully saturated rings. The van der Waals surface area contributed by atoms with Gasteiger partial charge in [0, 0.05) is 11.8 Å². The van der Waals surface area contributed by atoms with Crippen LogP contribution in [0.1, 0.15) is 32.9 Å². The van der Waals surface area contributed by atoms with Crippen molar-refractivity contribution in [3.05, 3.63) is 85.6 Å². The zero-order chi connectivity index (χ0) is 22.8. The molecule has 1 N–H and O–H groups in total. The minimum Gasteiger partial charge on any atom is -0.361 e. The van der Waals surface area contributed by atoms with Gasteiger partial charge in [0.05, 0.1) is 22.5 Å². The first-order valence-corrected chi connectivity index (χ1v) is 10.3. The predicted molar refractivity (Wildman–Crippen MR) is 117 cm³/mol. The first kappa shape index (κ1) is 21.4. The molecule has 4 aromatic rings. The minimum atomic E-state index is -0.540. The Morgan fingerprint density at radius 3 is 2.62 bits per heavy atom. The van der Waals surface area contributed by atoms with Crippen LogP contribution < -0.4 is 5.32 Å². The van der Waals surface area contributed by atoms with Gasteiger partial charge in [-0.15, -0.1) is 0 Å². The van der Waals surface area contributed by atoms with E-state index in [0.29, 0.717) is 28.2 Å². The van der Waals surface area contributed by atoms with E-state index in [1.54, 1.807) is 17.8 Å². The van der Waals surface area contributed by atoms with Crippen molar-refractivity contribution in [1.82, 2.24) is 24.7 Å². The molecule has 0 unspecified atom stereocenters. The Morgan fingerprint density at radius 2 is 1.94 bits per heavy atom. The molecule has 11 nitrogen and oxygen atoms in total. The van der Waals surface area contributed by atoms with Crippen LogP contribution in [-0.2, 0) is 13.1 Å². The number of carbonyl (C=O) groups is 1. The zero-order valence-electron chi connectivity index (χ0n) is 17.1. The summed E-state index contributed by atoms with van der Waals surface area (Å²) in [6.07, 6.45) is 4.19. The van der Waals surface area contributed by atoms with Gasteiger partial charge in [-0.25, -0.2) is 0 Å². The summed E-state index contributed by atoms with van der Waals surface area (Å²) in [5.74, 6) is 0.237. The Morgan fingerprint density at radius 1 is 1.19 bits per heavy atom. The largest absolute Gasteiger partial charge is 0.361 e. The molecule has 0 saturated carbocycles. The van der Waals surface area contributed by atoms with Crippen molar-refractivity contribution in [1.29, 1.82) is 0 Å². The summed E-state index contributed by atoms with van der Waals surface area (Å²) in [5.41, 5.74) is 2.63. The molecular weight excluding hydrogens is 482 g/mol. The summed E-state index contributed by atoms with van der Waals surface area (Å²) in [5, 5.41) is 25.8. The molecule has 4 rings (SSSR count). The average Bonchev–Trinajstić information content (AvgIpc) is 3.45. The fourth-order valence-electron chi connectivity index (χ4n) is 3.06. The number of nitrogens with zero attached hydrogens (tertiary/aromatic N) is 6. The van der Waals surface area contributed by atoms with Gasteiger partial charge in [0.1, 0.15) is 18.2 Å². The predicted octanol–water partition coefficient (Wildman–Crippen LogP) is 3.70. The van der Waals surface area contributed by atoms with E-state index in [2.05, 4.69) is 36.6 Å². The Bertz CT molecular complexity index is 1290. The summed E-state index contributed by atoms with van der Waals surface area (Å²) < 4.78 is 8.85. The number of benzene rings is 1. The lowest BCUT2D eigenvalue weighted by Crippen LogP contribution is -2.17. The third kappa shape index (κ3) is 4.59. The van der Waals surface area contributed by atoms with Crippen LogP contribution in [0.4, 0.5) is 11.5 Å². The van der Waals surface area contributed by atoms with Crippen LogP contribution in [0.3, 0.4) is 0 Å². The smallest absolute Gasteiger partial charge is 0.307 e. The second-order valence-corrected chi connectivity index (χ2v) is 8.04. The van der Waals surface area contributed by atoms with Crippen LogP contribution in [-0.4, -0.2) is 35.5 Å². The maximum Gasteiger partial charge on any atom is 0.307 e. The summed E-state index contributed by atoms with van der Waals surface area (Å²) in [6, 6.07) is 8.10. The van der Waals surface area contributed by atoms with Crippen molar-refractivity contribution in [3.63, 3.8) is 0 Å². The molecule has 164 valence electrons. The highest BCUT2D eigenvalue weighted by Crippen LogP contribution is 2.23.